The Balaban J connectivity index is 0.932. The molecule has 12 N–H and O–H groups in total. The molecule has 2 saturated heterocycles. The van der Waals surface area contributed by atoms with Gasteiger partial charge in [-0.05, 0) is 0 Å². The molecule has 0 bridgehead atoms. The van der Waals surface area contributed by atoms with Gasteiger partial charge in [-0.1, -0.05) is 4.98 Å². The molecule has 8 heterocycles. The fourth-order valence-corrected chi connectivity index (χ4v) is 12.1. The van der Waals surface area contributed by atoms with Gasteiger partial charge in [-0.25, -0.2) is 33.1 Å². The van der Waals surface area contributed by atoms with Gasteiger partial charge < -0.3 is 94.2 Å². The van der Waals surface area contributed by atoms with Gasteiger partial charge in [0.05, 0.1) is 46.1 Å². The summed E-state index contributed by atoms with van der Waals surface area (Å²) >= 11 is 0. The summed E-state index contributed by atoms with van der Waals surface area (Å²) in [5.41, 5.74) is 15.2. The van der Waals surface area contributed by atoms with Gasteiger partial charge in [0.15, 0.2) is 41.4 Å². The number of phosphoric acid groups is 4. The molecule has 0 aliphatic carbocycles. The number of nitrogens with one attached hydrogen (secondary N) is 2. The number of aromatic amines is 2. The number of aliphatic hydroxyl groups is 4. The second-order valence-electron chi connectivity index (χ2n) is 15.9. The molecule has 0 spiro atoms. The van der Waals surface area contributed by atoms with E-state index in [0.29, 0.717) is 0 Å². The molecule has 0 aromatic carbocycles. The molecule has 6 aromatic heterocycles. The van der Waals surface area contributed by atoms with Crippen molar-refractivity contribution in [3.63, 3.8) is 0 Å². The minimum absolute atomic E-state index is 0.00986. The van der Waals surface area contributed by atoms with Gasteiger partial charge in [0.2, 0.25) is 17.7 Å². The molecule has 43 heteroatoms. The third-order valence-corrected chi connectivity index (χ3v) is 16.1. The van der Waals surface area contributed by atoms with Crippen molar-refractivity contribution in [2.75, 3.05) is 57.3 Å². The number of hydrogen-bond donors (Lipinski definition) is 9. The Morgan fingerprint density at radius 3 is 2.05 bits per heavy atom. The van der Waals surface area contributed by atoms with Crippen LogP contribution in [0.15, 0.2) is 34.9 Å². The van der Waals surface area contributed by atoms with Crippen LogP contribution in [0.25, 0.3) is 33.5 Å². The number of fused-ring (bicyclic) bond motifs is 3. The van der Waals surface area contributed by atoms with Crippen LogP contribution >= 0.6 is 31.3 Å². The summed E-state index contributed by atoms with van der Waals surface area (Å²) in [6, 6.07) is 0. The predicted octanol–water partition coefficient (Wildman–Crippen LogP) is -6.99. The first kappa shape index (κ1) is 56.1. The summed E-state index contributed by atoms with van der Waals surface area (Å²) in [6.07, 6.45) is -12.8. The number of aliphatic hydroxyl groups excluding tert-OH is 4. The van der Waals surface area contributed by atoms with E-state index in [1.165, 1.54) is 17.9 Å². The summed E-state index contributed by atoms with van der Waals surface area (Å²) in [7, 11) is -22.3. The first-order valence-electron chi connectivity index (χ1n) is 21.0. The number of rotatable bonds is 23. The quantitative estimate of drug-likeness (QED) is 0.0213. The van der Waals surface area contributed by atoms with E-state index in [-0.39, 0.29) is 51.2 Å². The van der Waals surface area contributed by atoms with E-state index in [1.54, 1.807) is 0 Å². The number of aromatic nitrogens is 12. The van der Waals surface area contributed by atoms with Gasteiger partial charge in [-0.2, -0.15) is 4.98 Å². The summed E-state index contributed by atoms with van der Waals surface area (Å²) in [4.78, 5) is 105. The third-order valence-electron chi connectivity index (χ3n) is 11.0. The average molecular weight is 1140 g/mol. The zero-order valence-corrected chi connectivity index (χ0v) is 41.6. The molecule has 6 unspecified atom stereocenters. The van der Waals surface area contributed by atoms with Crippen molar-refractivity contribution in [1.29, 1.82) is 0 Å². The summed E-state index contributed by atoms with van der Waals surface area (Å²) < 4.78 is 106. The van der Waals surface area contributed by atoms with Crippen molar-refractivity contribution in [2.45, 2.75) is 61.4 Å². The van der Waals surface area contributed by atoms with E-state index in [2.05, 4.69) is 57.5 Å². The van der Waals surface area contributed by atoms with Gasteiger partial charge in [0.1, 0.15) is 61.2 Å². The van der Waals surface area contributed by atoms with Crippen LogP contribution in [0, 0.1) is 0 Å². The lowest BCUT2D eigenvalue weighted by atomic mass is 10.1. The highest BCUT2D eigenvalue weighted by Crippen LogP contribution is 2.63. The van der Waals surface area contributed by atoms with Gasteiger partial charge in [-0.3, -0.25) is 51.5 Å². The van der Waals surface area contributed by atoms with E-state index in [4.69, 9.17) is 45.2 Å². The van der Waals surface area contributed by atoms with Crippen LogP contribution in [-0.4, -0.2) is 157 Å². The predicted molar refractivity (Wildman–Crippen MR) is 232 cm³/mol. The van der Waals surface area contributed by atoms with E-state index in [1.807, 2.05) is 0 Å². The lowest BCUT2D eigenvalue weighted by molar-refractivity contribution is -0.746. The molecule has 75 heavy (non-hydrogen) atoms. The number of methoxy groups -OCH3 is 1. The topological polar surface area (TPSA) is 574 Å². The molecular formula is C32H42N15O24P4-3. The molecule has 2 fully saturated rings. The molecule has 6 aromatic rings. The Morgan fingerprint density at radius 2 is 1.37 bits per heavy atom. The lowest BCUT2D eigenvalue weighted by Gasteiger charge is -2.35. The van der Waals surface area contributed by atoms with Crippen molar-refractivity contribution < 1.29 is 108 Å². The van der Waals surface area contributed by atoms with Crippen LogP contribution in [-0.2, 0) is 71.0 Å². The molecule has 0 saturated carbocycles. The van der Waals surface area contributed by atoms with Crippen molar-refractivity contribution >= 4 is 82.5 Å². The normalized spacial score (nSPS) is 26.3. The van der Waals surface area contributed by atoms with Crippen LogP contribution in [0.4, 0.5) is 17.7 Å². The summed E-state index contributed by atoms with van der Waals surface area (Å²) in [6.45, 7) is -5.64. The Labute approximate surface area is 415 Å². The number of nitrogen functional groups attached to an aromatic ring is 3. The Bertz CT molecular complexity index is 3390. The Hall–Kier alpha value is -5.15. The lowest BCUT2D eigenvalue weighted by Crippen LogP contribution is -2.46. The Kier molecular flexibility index (Phi) is 16.2. The zero-order chi connectivity index (χ0) is 54.5. The molecule has 14 atom stereocenters. The Morgan fingerprint density at radius 1 is 0.760 bits per heavy atom. The molecule has 8 rings (SSSR count). The van der Waals surface area contributed by atoms with Gasteiger partial charge in [-0.15, -0.1) is 0 Å². The molecule has 2 aliphatic rings. The maximum absolute atomic E-state index is 13.5. The average Bonchev–Trinajstić information content (AvgIpc) is 4.14. The van der Waals surface area contributed by atoms with Crippen LogP contribution in [0.5, 0.6) is 0 Å². The summed E-state index contributed by atoms with van der Waals surface area (Å²) in [5.74, 6) is -0.777. The third kappa shape index (κ3) is 12.0. The van der Waals surface area contributed by atoms with Crippen molar-refractivity contribution in [1.82, 2.24) is 53.6 Å². The van der Waals surface area contributed by atoms with Crippen LogP contribution in [0.1, 0.15) is 18.7 Å². The number of nitrogens with two attached hydrogens (primary N) is 3. The summed E-state index contributed by atoms with van der Waals surface area (Å²) in [5, 5.41) is 41.6. The monoisotopic (exact) mass is 1140 g/mol. The van der Waals surface area contributed by atoms with Crippen molar-refractivity contribution in [2.24, 2.45) is 7.05 Å². The minimum Gasteiger partial charge on any atom is -0.756 e. The number of anilines is 3. The zero-order valence-electron chi connectivity index (χ0n) is 38.1. The smallest absolute Gasteiger partial charge is 0.313 e. The van der Waals surface area contributed by atoms with E-state index < -0.39 is 137 Å². The van der Waals surface area contributed by atoms with Crippen LogP contribution in [0.3, 0.4) is 0 Å². The fraction of sp³-hybridized carbons (Fsp3) is 0.531. The van der Waals surface area contributed by atoms with Crippen molar-refractivity contribution in [3.8, 4) is 0 Å². The molecule has 39 nitrogen and oxygen atoms in total. The maximum Gasteiger partial charge on any atom is 0.313 e. The second kappa shape index (κ2) is 21.7. The molecule has 0 radical (unpaired) electrons. The molecule has 412 valence electrons. The second-order valence-corrected chi connectivity index (χ2v) is 21.8. The number of hydrogen-bond acceptors (Lipinski definition) is 33. The van der Waals surface area contributed by atoms with Crippen molar-refractivity contribution in [3.05, 3.63) is 46.0 Å². The fourth-order valence-electron chi connectivity index (χ4n) is 7.75. The number of phosphoric ester groups is 3. The number of H-pyrrole nitrogens is 2. The molecular weight excluding hydrogens is 1100 g/mol. The number of nitrogens with zero attached hydrogens (tertiary/aromatic N) is 10. The van der Waals surface area contributed by atoms with E-state index >= 15 is 0 Å². The van der Waals surface area contributed by atoms with Gasteiger partial charge in [0.25, 0.3) is 48.4 Å². The largest absolute Gasteiger partial charge is 0.756 e. The standard InChI is InChI=1S/C32H45N15O24P4/c1-44-11-47(26-18(44)28(53)43-32(35)41-26)15(4-49)66-12(3-48)5-63-73(56,57)70-75(60,61)71-74(58,59)65-7-14-21(22(62-2)30(68-14)45-9-38-16-23(33)36-8-37-24(16)45)69-72(54,55)64-6-13-19(50)20(51)29(67-13)46-10-39-17-25(46)40-31(34)42-27(17)52/h8-15,19-22,29-30,48-51H,3-7H2,1-2H3,(H11-,33,34,35,36,37,40,41,42,43,52,53,54,55,56,57,58,59,60,61)/p-3/t12-,13+,14+,15+,19?,20-,21?,22-,29+,30+/m0/s1. The highest BCUT2D eigenvalue weighted by atomic mass is 31.3. The number of ether oxygens (including phenoxy) is 4. The number of imidazole rings is 3. The van der Waals surface area contributed by atoms with Crippen LogP contribution < -0.4 is 52.5 Å². The highest BCUT2D eigenvalue weighted by molar-refractivity contribution is 7.65. The maximum atomic E-state index is 13.5. The van der Waals surface area contributed by atoms with Gasteiger partial charge in [0, 0.05) is 7.11 Å². The van der Waals surface area contributed by atoms with Crippen LogP contribution in [0.2, 0.25) is 0 Å². The molecule has 0 amide bonds. The first-order chi connectivity index (χ1) is 35.2. The van der Waals surface area contributed by atoms with Gasteiger partial charge >= 0.3 is 5.65 Å². The molecule has 2 aliphatic heterocycles. The minimum atomic E-state index is -6.58. The first-order valence-corrected chi connectivity index (χ1v) is 26.9. The number of aryl methyl sites for hydroxylation is 1. The SMILES string of the molecule is CO[C@H]1C(OP(=O)([O-])OC[C@H]2O[C@@H](n3cnc4c(=O)[nH]c(N)nc43)[C@@H](O)C2O)[C@@H](COP(=O)([O-])OP(=O)([O-])OP(=O)([O-])OC[C@H](CO)O[C@H](CO)[n+]2cn(C)c3c(=O)[nH]c(N)nc32)O[C@H]1n1cnc2c(N)ncnc21. The highest BCUT2D eigenvalue weighted by Gasteiger charge is 2.51. The van der Waals surface area contributed by atoms with E-state index in [9.17, 15) is 67.8 Å². The van der Waals surface area contributed by atoms with E-state index in [0.717, 1.165) is 39.8 Å².